The van der Waals surface area contributed by atoms with Gasteiger partial charge in [-0.25, -0.2) is 4.39 Å². The van der Waals surface area contributed by atoms with Gasteiger partial charge in [-0.1, -0.05) is 0 Å². The third kappa shape index (κ3) is 3.53. The fourth-order valence-electron chi connectivity index (χ4n) is 2.84. The summed E-state index contributed by atoms with van der Waals surface area (Å²) in [5, 5.41) is 17.8. The molecule has 126 valence electrons. The van der Waals surface area contributed by atoms with Gasteiger partial charge in [0.25, 0.3) is 11.6 Å². The van der Waals surface area contributed by atoms with Gasteiger partial charge in [-0.15, -0.1) is 0 Å². The standard InChI is InChI=1S/C16H16FN3O3S/c17-12-1-2-14(15(9-12)20(22)23)19-6-3-13(4-7-19)18-16(21)11-5-8-24-10-11/h1-2,5,8-10,13H,3-4,6-7H2,(H,18,21). The van der Waals surface area contributed by atoms with Crippen LogP contribution in [0.3, 0.4) is 0 Å². The number of rotatable bonds is 4. The first-order valence-electron chi connectivity index (χ1n) is 7.56. The molecule has 0 atom stereocenters. The molecular formula is C16H16FN3O3S. The summed E-state index contributed by atoms with van der Waals surface area (Å²) in [6, 6.07) is 5.43. The number of hydrogen-bond acceptors (Lipinski definition) is 5. The molecule has 2 aromatic rings. The first-order chi connectivity index (χ1) is 11.5. The number of amides is 1. The molecule has 24 heavy (non-hydrogen) atoms. The van der Waals surface area contributed by atoms with Gasteiger partial charge in [0.15, 0.2) is 0 Å². The minimum Gasteiger partial charge on any atom is -0.366 e. The molecular weight excluding hydrogens is 333 g/mol. The number of carbonyl (C=O) groups excluding carboxylic acids is 1. The summed E-state index contributed by atoms with van der Waals surface area (Å²) < 4.78 is 13.2. The van der Waals surface area contributed by atoms with Gasteiger partial charge < -0.3 is 10.2 Å². The monoisotopic (exact) mass is 349 g/mol. The molecule has 1 saturated heterocycles. The number of nitrogens with one attached hydrogen (secondary N) is 1. The van der Waals surface area contributed by atoms with Gasteiger partial charge in [-0.3, -0.25) is 14.9 Å². The van der Waals surface area contributed by atoms with Gasteiger partial charge in [0.2, 0.25) is 0 Å². The van der Waals surface area contributed by atoms with Gasteiger partial charge in [0, 0.05) is 30.1 Å². The van der Waals surface area contributed by atoms with Crippen LogP contribution in [-0.4, -0.2) is 30.0 Å². The van der Waals surface area contributed by atoms with Gasteiger partial charge in [0.05, 0.1) is 11.0 Å². The molecule has 1 aromatic heterocycles. The first-order valence-corrected chi connectivity index (χ1v) is 8.51. The summed E-state index contributed by atoms with van der Waals surface area (Å²) in [6.45, 7) is 1.14. The lowest BCUT2D eigenvalue weighted by Crippen LogP contribution is -2.44. The molecule has 1 N–H and O–H groups in total. The Bertz CT molecular complexity index is 743. The minimum absolute atomic E-state index is 0.0353. The van der Waals surface area contributed by atoms with E-state index in [9.17, 15) is 19.3 Å². The van der Waals surface area contributed by atoms with Crippen molar-refractivity contribution in [1.29, 1.82) is 0 Å². The third-order valence-electron chi connectivity index (χ3n) is 4.09. The summed E-state index contributed by atoms with van der Waals surface area (Å²) in [5.41, 5.74) is 0.844. The Hall–Kier alpha value is -2.48. The Balaban J connectivity index is 1.63. The molecule has 1 aliphatic heterocycles. The molecule has 0 aliphatic carbocycles. The highest BCUT2D eigenvalue weighted by Crippen LogP contribution is 2.31. The number of benzene rings is 1. The van der Waals surface area contributed by atoms with Crippen LogP contribution in [0, 0.1) is 15.9 Å². The smallest absolute Gasteiger partial charge is 0.295 e. The number of carbonyl (C=O) groups is 1. The van der Waals surface area contributed by atoms with E-state index < -0.39 is 10.7 Å². The molecule has 0 saturated carbocycles. The molecule has 1 aromatic carbocycles. The highest BCUT2D eigenvalue weighted by molar-refractivity contribution is 7.08. The average molecular weight is 349 g/mol. The van der Waals surface area contributed by atoms with E-state index in [-0.39, 0.29) is 17.6 Å². The molecule has 6 nitrogen and oxygen atoms in total. The summed E-state index contributed by atoms with van der Waals surface area (Å²) in [5.74, 6) is -0.717. The molecule has 1 aliphatic rings. The SMILES string of the molecule is O=C(NC1CCN(c2ccc(F)cc2[N+](=O)[O-])CC1)c1ccsc1. The van der Waals surface area contributed by atoms with Crippen molar-refractivity contribution in [2.24, 2.45) is 0 Å². The van der Waals surface area contributed by atoms with E-state index in [0.717, 1.165) is 6.07 Å². The van der Waals surface area contributed by atoms with E-state index in [1.54, 1.807) is 11.4 Å². The number of nitrogens with zero attached hydrogens (tertiary/aromatic N) is 2. The topological polar surface area (TPSA) is 75.5 Å². The van der Waals surface area contributed by atoms with E-state index in [0.29, 0.717) is 37.2 Å². The Kier molecular flexibility index (Phi) is 4.75. The zero-order valence-electron chi connectivity index (χ0n) is 12.8. The summed E-state index contributed by atoms with van der Waals surface area (Å²) >= 11 is 1.47. The first kappa shape index (κ1) is 16.4. The predicted octanol–water partition coefficient (Wildman–Crippen LogP) is 3.19. The van der Waals surface area contributed by atoms with Gasteiger partial charge >= 0.3 is 0 Å². The molecule has 0 radical (unpaired) electrons. The van der Waals surface area contributed by atoms with Crippen LogP contribution in [-0.2, 0) is 0 Å². The molecule has 0 spiro atoms. The van der Waals surface area contributed by atoms with E-state index in [4.69, 9.17) is 0 Å². The van der Waals surface area contributed by atoms with Crippen LogP contribution >= 0.6 is 11.3 Å². The zero-order valence-corrected chi connectivity index (χ0v) is 13.6. The van der Waals surface area contributed by atoms with Crippen LogP contribution in [0.5, 0.6) is 0 Å². The van der Waals surface area contributed by atoms with Crippen LogP contribution in [0.25, 0.3) is 0 Å². The fourth-order valence-corrected chi connectivity index (χ4v) is 3.47. The number of hydrogen-bond donors (Lipinski definition) is 1. The number of halogens is 1. The normalized spacial score (nSPS) is 15.3. The Morgan fingerprint density at radius 2 is 2.08 bits per heavy atom. The van der Waals surface area contributed by atoms with Crippen molar-refractivity contribution >= 4 is 28.6 Å². The largest absolute Gasteiger partial charge is 0.366 e. The highest BCUT2D eigenvalue weighted by Gasteiger charge is 2.26. The van der Waals surface area contributed by atoms with Gasteiger partial charge in [0.1, 0.15) is 11.5 Å². The second-order valence-electron chi connectivity index (χ2n) is 5.64. The number of nitro benzene ring substituents is 1. The molecule has 1 amide bonds. The van der Waals surface area contributed by atoms with E-state index in [2.05, 4.69) is 5.32 Å². The Morgan fingerprint density at radius 3 is 2.71 bits per heavy atom. The summed E-state index contributed by atoms with van der Waals surface area (Å²) in [7, 11) is 0. The quantitative estimate of drug-likeness (QED) is 0.679. The van der Waals surface area contributed by atoms with E-state index >= 15 is 0 Å². The van der Waals surface area contributed by atoms with Crippen molar-refractivity contribution in [3.63, 3.8) is 0 Å². The third-order valence-corrected chi connectivity index (χ3v) is 4.77. The summed E-state index contributed by atoms with van der Waals surface area (Å²) in [6.07, 6.45) is 1.37. The minimum atomic E-state index is -0.622. The molecule has 0 unspecified atom stereocenters. The maximum Gasteiger partial charge on any atom is 0.295 e. The van der Waals surface area contributed by atoms with Crippen LogP contribution in [0.1, 0.15) is 23.2 Å². The fraction of sp³-hybridized carbons (Fsp3) is 0.312. The number of thiophene rings is 1. The van der Waals surface area contributed by atoms with Gasteiger partial charge in [-0.05, 0) is 36.4 Å². The van der Waals surface area contributed by atoms with Crippen molar-refractivity contribution in [2.45, 2.75) is 18.9 Å². The zero-order chi connectivity index (χ0) is 17.1. The molecule has 8 heteroatoms. The van der Waals surface area contributed by atoms with Crippen molar-refractivity contribution in [3.05, 3.63) is 56.5 Å². The lowest BCUT2D eigenvalue weighted by Gasteiger charge is -2.33. The lowest BCUT2D eigenvalue weighted by molar-refractivity contribution is -0.384. The predicted molar refractivity (Wildman–Crippen MR) is 90.1 cm³/mol. The van der Waals surface area contributed by atoms with E-state index in [1.165, 1.54) is 23.5 Å². The van der Waals surface area contributed by atoms with Crippen molar-refractivity contribution in [1.82, 2.24) is 5.32 Å². The van der Waals surface area contributed by atoms with Crippen molar-refractivity contribution in [2.75, 3.05) is 18.0 Å². The average Bonchev–Trinajstić information content (AvgIpc) is 3.10. The van der Waals surface area contributed by atoms with Crippen LogP contribution < -0.4 is 10.2 Å². The second kappa shape index (κ2) is 6.96. The maximum atomic E-state index is 13.2. The van der Waals surface area contributed by atoms with Crippen LogP contribution in [0.4, 0.5) is 15.8 Å². The Labute approximate surface area is 142 Å². The maximum absolute atomic E-state index is 13.2. The molecule has 3 rings (SSSR count). The second-order valence-corrected chi connectivity index (χ2v) is 6.42. The molecule has 2 heterocycles. The van der Waals surface area contributed by atoms with E-state index in [1.807, 2.05) is 10.3 Å². The molecule has 0 bridgehead atoms. The lowest BCUT2D eigenvalue weighted by atomic mass is 10.0. The van der Waals surface area contributed by atoms with Crippen molar-refractivity contribution in [3.8, 4) is 0 Å². The van der Waals surface area contributed by atoms with Crippen LogP contribution in [0.2, 0.25) is 0 Å². The summed E-state index contributed by atoms with van der Waals surface area (Å²) in [4.78, 5) is 24.5. The number of anilines is 1. The Morgan fingerprint density at radius 1 is 1.33 bits per heavy atom. The highest BCUT2D eigenvalue weighted by atomic mass is 32.1. The molecule has 1 fully saturated rings. The number of piperidine rings is 1. The van der Waals surface area contributed by atoms with Crippen molar-refractivity contribution < 1.29 is 14.1 Å². The van der Waals surface area contributed by atoms with Crippen LogP contribution in [0.15, 0.2) is 35.0 Å². The van der Waals surface area contributed by atoms with Gasteiger partial charge in [-0.2, -0.15) is 11.3 Å². The number of nitro groups is 1.